The Labute approximate surface area is 85.9 Å². The summed E-state index contributed by atoms with van der Waals surface area (Å²) in [5.74, 6) is 0. The Bertz CT molecular complexity index is 146. The minimum atomic E-state index is -2.02. The predicted molar refractivity (Wildman–Crippen MR) is 60.0 cm³/mol. The minimum absolute atomic E-state index is 1.21. The monoisotopic (exact) mass is 348 g/mol. The van der Waals surface area contributed by atoms with Crippen LogP contribution in [-0.4, -0.2) is 0 Å². The van der Waals surface area contributed by atoms with Crippen molar-refractivity contribution in [2.24, 2.45) is 0 Å². The van der Waals surface area contributed by atoms with Crippen molar-refractivity contribution in [1.29, 1.82) is 0 Å². The Morgan fingerprint density at radius 3 is 1.00 bits per heavy atom. The van der Waals surface area contributed by atoms with E-state index < -0.39 is 16.1 Å². The fourth-order valence-corrected chi connectivity index (χ4v) is 11.5. The summed E-state index contributed by atoms with van der Waals surface area (Å²) in [7, 11) is 0. The van der Waals surface area contributed by atoms with Crippen LogP contribution in [0.3, 0.4) is 0 Å². The zero-order chi connectivity index (χ0) is 10.2. The first-order valence-electron chi connectivity index (χ1n) is 4.42. The molecule has 0 aliphatic heterocycles. The van der Waals surface area contributed by atoms with Gasteiger partial charge in [-0.2, -0.15) is 0 Å². The van der Waals surface area contributed by atoms with E-state index in [0.717, 1.165) is 0 Å². The van der Waals surface area contributed by atoms with Gasteiger partial charge >= 0.3 is 85.9 Å². The van der Waals surface area contributed by atoms with E-state index in [2.05, 4.69) is 50.6 Å². The summed E-state index contributed by atoms with van der Waals surface area (Å²) in [5, 5.41) is 0. The second kappa shape index (κ2) is 7.09. The van der Waals surface area contributed by atoms with E-state index in [1.807, 2.05) is 0 Å². The van der Waals surface area contributed by atoms with Crippen molar-refractivity contribution in [2.75, 3.05) is 0 Å². The summed E-state index contributed by atoms with van der Waals surface area (Å²) >= 11 is -2.02. The van der Waals surface area contributed by atoms with E-state index in [1.54, 1.807) is 0 Å². The van der Waals surface area contributed by atoms with Gasteiger partial charge in [0.05, 0.1) is 0 Å². The van der Waals surface area contributed by atoms with E-state index in [9.17, 15) is 0 Å². The first-order valence-corrected chi connectivity index (χ1v) is 12.7. The molecular formula is C12H20W. The van der Waals surface area contributed by atoms with E-state index in [0.29, 0.717) is 0 Å². The molecule has 0 fully saturated rings. The number of rotatable bonds is 8. The van der Waals surface area contributed by atoms with Gasteiger partial charge in [-0.1, -0.05) is 0 Å². The summed E-state index contributed by atoms with van der Waals surface area (Å²) in [6.45, 7) is 15.4. The van der Waals surface area contributed by atoms with Gasteiger partial charge in [0.15, 0.2) is 0 Å². The van der Waals surface area contributed by atoms with Crippen molar-refractivity contribution < 1.29 is 16.1 Å². The average molecular weight is 348 g/mol. The van der Waals surface area contributed by atoms with Crippen LogP contribution in [-0.2, 0) is 16.1 Å². The van der Waals surface area contributed by atoms with E-state index in [1.165, 1.54) is 19.2 Å². The summed E-state index contributed by atoms with van der Waals surface area (Å²) in [6.07, 6.45) is 8.25. The molecule has 0 amide bonds. The van der Waals surface area contributed by atoms with Crippen molar-refractivity contribution in [3.63, 3.8) is 0 Å². The first kappa shape index (κ1) is 12.6. The number of allylic oxidation sites excluding steroid dienone is 4. The third-order valence-electron chi connectivity index (χ3n) is 1.89. The molecule has 0 radical (unpaired) electrons. The second-order valence-corrected chi connectivity index (χ2v) is 16.6. The van der Waals surface area contributed by atoms with Crippen LogP contribution in [0, 0.1) is 0 Å². The Kier molecular flexibility index (Phi) is 6.90. The molecule has 0 saturated heterocycles. The first-order chi connectivity index (χ1) is 6.24. The van der Waals surface area contributed by atoms with Crippen LogP contribution in [0.15, 0.2) is 50.6 Å². The topological polar surface area (TPSA) is 0 Å². The molecule has 0 bridgehead atoms. The van der Waals surface area contributed by atoms with Gasteiger partial charge in [-0.15, -0.1) is 0 Å². The summed E-state index contributed by atoms with van der Waals surface area (Å²) < 4.78 is 0. The van der Waals surface area contributed by atoms with E-state index in [-0.39, 0.29) is 0 Å². The SMILES string of the molecule is C=C[CH2][W]([CH2]C=C)([CH2]C=C)[CH2]C=C. The zero-order valence-corrected chi connectivity index (χ0v) is 11.3. The van der Waals surface area contributed by atoms with Gasteiger partial charge in [0.25, 0.3) is 0 Å². The number of hydrogen-bond acceptors (Lipinski definition) is 0. The van der Waals surface area contributed by atoms with Crippen molar-refractivity contribution in [3.05, 3.63) is 50.6 Å². The third-order valence-corrected chi connectivity index (χ3v) is 15.4. The molecule has 13 heavy (non-hydrogen) atoms. The van der Waals surface area contributed by atoms with Gasteiger partial charge < -0.3 is 0 Å². The van der Waals surface area contributed by atoms with Crippen LogP contribution < -0.4 is 0 Å². The average Bonchev–Trinajstić information content (AvgIpc) is 2.06. The van der Waals surface area contributed by atoms with Gasteiger partial charge in [0.1, 0.15) is 0 Å². The molecule has 0 atom stereocenters. The molecule has 0 aliphatic carbocycles. The molecule has 0 nitrogen and oxygen atoms in total. The number of hydrogen-bond donors (Lipinski definition) is 0. The van der Waals surface area contributed by atoms with Gasteiger partial charge in [-0.05, 0) is 0 Å². The van der Waals surface area contributed by atoms with Crippen LogP contribution >= 0.6 is 0 Å². The molecule has 74 valence electrons. The van der Waals surface area contributed by atoms with Gasteiger partial charge in [0.2, 0.25) is 0 Å². The van der Waals surface area contributed by atoms with Crippen LogP contribution in [0.1, 0.15) is 0 Å². The molecule has 0 rings (SSSR count). The Morgan fingerprint density at radius 1 is 0.615 bits per heavy atom. The molecule has 0 heterocycles. The molecule has 0 saturated carbocycles. The van der Waals surface area contributed by atoms with E-state index in [4.69, 9.17) is 0 Å². The quantitative estimate of drug-likeness (QED) is 0.565. The Hall–Kier alpha value is -0.352. The van der Waals surface area contributed by atoms with Crippen molar-refractivity contribution in [1.82, 2.24) is 0 Å². The zero-order valence-electron chi connectivity index (χ0n) is 8.37. The Balaban J connectivity index is 4.53. The maximum absolute atomic E-state index is 3.84. The molecular weight excluding hydrogens is 328 g/mol. The van der Waals surface area contributed by atoms with Gasteiger partial charge in [-0.25, -0.2) is 0 Å². The molecule has 0 aromatic carbocycles. The molecule has 0 aliphatic rings. The van der Waals surface area contributed by atoms with Gasteiger partial charge in [0, 0.05) is 0 Å². The fourth-order valence-electron chi connectivity index (χ4n) is 1.41. The summed E-state index contributed by atoms with van der Waals surface area (Å²) in [4.78, 5) is 4.82. The van der Waals surface area contributed by atoms with Crippen molar-refractivity contribution >= 4 is 0 Å². The van der Waals surface area contributed by atoms with Crippen LogP contribution in [0.2, 0.25) is 19.2 Å². The molecule has 0 spiro atoms. The van der Waals surface area contributed by atoms with Crippen LogP contribution in [0.25, 0.3) is 0 Å². The van der Waals surface area contributed by atoms with Gasteiger partial charge in [-0.3, -0.25) is 0 Å². The van der Waals surface area contributed by atoms with Crippen LogP contribution in [0.5, 0.6) is 0 Å². The molecule has 0 unspecified atom stereocenters. The fraction of sp³-hybridized carbons (Fsp3) is 0.333. The predicted octanol–water partition coefficient (Wildman–Crippen LogP) is 4.56. The maximum atomic E-state index is 3.84. The molecule has 0 aromatic rings. The molecule has 0 aromatic heterocycles. The van der Waals surface area contributed by atoms with Crippen molar-refractivity contribution in [3.8, 4) is 0 Å². The third kappa shape index (κ3) is 4.43. The Morgan fingerprint density at radius 2 is 0.846 bits per heavy atom. The molecule has 1 heteroatoms. The van der Waals surface area contributed by atoms with Crippen LogP contribution in [0.4, 0.5) is 0 Å². The molecule has 0 N–H and O–H groups in total. The van der Waals surface area contributed by atoms with E-state index >= 15 is 0 Å². The normalized spacial score (nSPS) is 11.7. The summed E-state index contributed by atoms with van der Waals surface area (Å²) in [5.41, 5.74) is 0. The summed E-state index contributed by atoms with van der Waals surface area (Å²) in [6, 6.07) is 0. The van der Waals surface area contributed by atoms with Crippen molar-refractivity contribution in [2.45, 2.75) is 19.2 Å². The second-order valence-electron chi connectivity index (χ2n) is 3.05. The standard InChI is InChI=1S/4C3H5.W/c4*1-3-2;/h4*3H,1-2H2;.